The zero-order valence-corrected chi connectivity index (χ0v) is 13.0. The molecule has 2 atom stereocenters. The summed E-state index contributed by atoms with van der Waals surface area (Å²) in [5.74, 6) is 0.459. The van der Waals surface area contributed by atoms with Crippen molar-refractivity contribution in [3.63, 3.8) is 0 Å². The van der Waals surface area contributed by atoms with Crippen molar-refractivity contribution in [1.82, 2.24) is 10.3 Å². The van der Waals surface area contributed by atoms with E-state index in [1.165, 1.54) is 0 Å². The van der Waals surface area contributed by atoms with Crippen LogP contribution in [0.4, 0.5) is 10.6 Å². The number of amides is 2. The highest BCUT2D eigenvalue weighted by Crippen LogP contribution is 2.19. The van der Waals surface area contributed by atoms with Gasteiger partial charge in [-0.1, -0.05) is 34.1 Å². The van der Waals surface area contributed by atoms with Crippen LogP contribution in [-0.4, -0.2) is 22.2 Å². The molecule has 3 N–H and O–H groups in total. The van der Waals surface area contributed by atoms with Crippen molar-refractivity contribution in [3.8, 4) is 0 Å². The summed E-state index contributed by atoms with van der Waals surface area (Å²) < 4.78 is 0.937. The van der Waals surface area contributed by atoms with Crippen LogP contribution < -0.4 is 10.6 Å². The number of anilines is 1. The molecule has 1 aromatic carbocycles. The molecule has 1 aromatic heterocycles. The van der Waals surface area contributed by atoms with E-state index < -0.39 is 18.2 Å². The van der Waals surface area contributed by atoms with E-state index in [2.05, 4.69) is 31.5 Å². The van der Waals surface area contributed by atoms with Crippen LogP contribution in [0.15, 0.2) is 53.1 Å². The topological polar surface area (TPSA) is 74.2 Å². The molecular formula is C15H16BrN3O2. The Morgan fingerprint density at radius 1 is 1.24 bits per heavy atom. The average molecular weight is 350 g/mol. The molecule has 21 heavy (non-hydrogen) atoms. The summed E-state index contributed by atoms with van der Waals surface area (Å²) in [6.45, 7) is 1.74. The minimum Gasteiger partial charge on any atom is -0.386 e. The number of carbonyl (C=O) groups excluding carboxylic acids is 1. The Morgan fingerprint density at radius 2 is 1.95 bits per heavy atom. The molecular weight excluding hydrogens is 334 g/mol. The number of nitrogens with one attached hydrogen (secondary N) is 2. The van der Waals surface area contributed by atoms with E-state index in [1.54, 1.807) is 31.3 Å². The molecule has 0 unspecified atom stereocenters. The van der Waals surface area contributed by atoms with Crippen molar-refractivity contribution in [3.05, 3.63) is 58.7 Å². The fraction of sp³-hybridized carbons (Fsp3) is 0.200. The van der Waals surface area contributed by atoms with Gasteiger partial charge in [0.1, 0.15) is 5.82 Å². The Morgan fingerprint density at radius 3 is 2.57 bits per heavy atom. The van der Waals surface area contributed by atoms with Gasteiger partial charge in [-0.25, -0.2) is 9.78 Å². The predicted octanol–water partition coefficient (Wildman–Crippen LogP) is 3.09. The molecule has 2 rings (SSSR count). The van der Waals surface area contributed by atoms with E-state index in [-0.39, 0.29) is 0 Å². The van der Waals surface area contributed by atoms with Gasteiger partial charge in [-0.15, -0.1) is 0 Å². The Kier molecular flexibility index (Phi) is 5.30. The first-order chi connectivity index (χ1) is 10.1. The summed E-state index contributed by atoms with van der Waals surface area (Å²) in [5, 5.41) is 15.5. The van der Waals surface area contributed by atoms with E-state index in [0.717, 1.165) is 10.0 Å². The second-order valence-corrected chi connectivity index (χ2v) is 5.51. The summed E-state index contributed by atoms with van der Waals surface area (Å²) in [5.41, 5.74) is 0.740. The lowest BCUT2D eigenvalue weighted by molar-refractivity contribution is 0.139. The summed E-state index contributed by atoms with van der Waals surface area (Å²) >= 11 is 3.34. The lowest BCUT2D eigenvalue weighted by Crippen LogP contribution is -2.39. The van der Waals surface area contributed by atoms with Crippen LogP contribution in [0.1, 0.15) is 18.6 Å². The smallest absolute Gasteiger partial charge is 0.320 e. The Balaban J connectivity index is 1.92. The minimum absolute atomic E-state index is 0.405. The van der Waals surface area contributed by atoms with Crippen LogP contribution in [0.3, 0.4) is 0 Å². The first-order valence-electron chi connectivity index (χ1n) is 6.48. The third kappa shape index (κ3) is 4.54. The summed E-state index contributed by atoms with van der Waals surface area (Å²) in [7, 11) is 0. The number of aliphatic hydroxyl groups excluding tert-OH is 1. The van der Waals surface area contributed by atoms with Crippen LogP contribution >= 0.6 is 15.9 Å². The molecule has 1 heterocycles. The quantitative estimate of drug-likeness (QED) is 0.793. The monoisotopic (exact) mass is 349 g/mol. The maximum Gasteiger partial charge on any atom is 0.320 e. The molecule has 0 aliphatic rings. The highest BCUT2D eigenvalue weighted by Gasteiger charge is 2.18. The molecule has 0 radical (unpaired) electrons. The van der Waals surface area contributed by atoms with Gasteiger partial charge < -0.3 is 10.4 Å². The first-order valence-corrected chi connectivity index (χ1v) is 7.27. The van der Waals surface area contributed by atoms with Crippen molar-refractivity contribution >= 4 is 27.8 Å². The molecule has 2 amide bonds. The van der Waals surface area contributed by atoms with Gasteiger partial charge in [-0.2, -0.15) is 0 Å². The van der Waals surface area contributed by atoms with Gasteiger partial charge in [0.25, 0.3) is 0 Å². The zero-order chi connectivity index (χ0) is 15.2. The van der Waals surface area contributed by atoms with Gasteiger partial charge in [-0.05, 0) is 36.8 Å². The normalized spacial score (nSPS) is 13.3. The second-order valence-electron chi connectivity index (χ2n) is 4.60. The van der Waals surface area contributed by atoms with Crippen molar-refractivity contribution < 1.29 is 9.90 Å². The van der Waals surface area contributed by atoms with E-state index in [1.807, 2.05) is 24.3 Å². The van der Waals surface area contributed by atoms with Crippen LogP contribution in [0, 0.1) is 0 Å². The number of rotatable bonds is 4. The number of urea groups is 1. The fourth-order valence-electron chi connectivity index (χ4n) is 1.82. The molecule has 0 aliphatic heterocycles. The van der Waals surface area contributed by atoms with Crippen molar-refractivity contribution in [2.75, 3.05) is 5.32 Å². The van der Waals surface area contributed by atoms with Gasteiger partial charge in [0, 0.05) is 10.7 Å². The molecule has 0 aliphatic carbocycles. The number of aliphatic hydroxyl groups is 1. The van der Waals surface area contributed by atoms with Crippen LogP contribution in [-0.2, 0) is 0 Å². The number of nitrogens with zero attached hydrogens (tertiary/aromatic N) is 1. The molecule has 110 valence electrons. The molecule has 0 fully saturated rings. The standard InChI is InChI=1S/C15H16BrN3O2/c1-10(14(20)11-5-7-12(16)8-6-11)18-15(21)19-13-4-2-3-9-17-13/h2-10,14,20H,1H3,(H2,17,18,19,21)/t10-,14+/m1/s1. The SMILES string of the molecule is C[C@@H](NC(=O)Nc1ccccn1)[C@H](O)c1ccc(Br)cc1. The predicted molar refractivity (Wildman–Crippen MR) is 85.0 cm³/mol. The van der Waals surface area contributed by atoms with Gasteiger partial charge >= 0.3 is 6.03 Å². The number of benzene rings is 1. The maximum atomic E-state index is 11.8. The Hall–Kier alpha value is -1.92. The lowest BCUT2D eigenvalue weighted by Gasteiger charge is -2.20. The van der Waals surface area contributed by atoms with Crippen LogP contribution in [0.25, 0.3) is 0 Å². The highest BCUT2D eigenvalue weighted by molar-refractivity contribution is 9.10. The number of pyridine rings is 1. The molecule has 5 nitrogen and oxygen atoms in total. The molecule has 0 bridgehead atoms. The molecule has 2 aromatic rings. The second kappa shape index (κ2) is 7.19. The zero-order valence-electron chi connectivity index (χ0n) is 11.5. The lowest BCUT2D eigenvalue weighted by atomic mass is 10.0. The Bertz CT molecular complexity index is 590. The number of carbonyl (C=O) groups is 1. The summed E-state index contributed by atoms with van der Waals surface area (Å²) in [4.78, 5) is 15.8. The number of aromatic nitrogens is 1. The van der Waals surface area contributed by atoms with Gasteiger partial charge in [-0.3, -0.25) is 5.32 Å². The summed E-state index contributed by atoms with van der Waals surface area (Å²) in [6, 6.07) is 11.7. The van der Waals surface area contributed by atoms with Crippen molar-refractivity contribution in [2.45, 2.75) is 19.1 Å². The summed E-state index contributed by atoms with van der Waals surface area (Å²) in [6.07, 6.45) is 0.808. The van der Waals surface area contributed by atoms with Crippen LogP contribution in [0.5, 0.6) is 0 Å². The fourth-order valence-corrected chi connectivity index (χ4v) is 2.09. The average Bonchev–Trinajstić information content (AvgIpc) is 2.48. The molecule has 0 saturated carbocycles. The van der Waals surface area contributed by atoms with E-state index in [4.69, 9.17) is 0 Å². The third-order valence-corrected chi connectivity index (χ3v) is 3.48. The maximum absolute atomic E-state index is 11.8. The molecule has 0 saturated heterocycles. The number of hydrogen-bond acceptors (Lipinski definition) is 3. The minimum atomic E-state index is -0.785. The number of halogens is 1. The number of hydrogen-bond donors (Lipinski definition) is 3. The van der Waals surface area contributed by atoms with Gasteiger partial charge in [0.15, 0.2) is 0 Å². The molecule has 0 spiro atoms. The van der Waals surface area contributed by atoms with Gasteiger partial charge in [0.2, 0.25) is 0 Å². The van der Waals surface area contributed by atoms with Crippen LogP contribution in [0.2, 0.25) is 0 Å². The first kappa shape index (κ1) is 15.5. The Labute approximate surface area is 131 Å². The van der Waals surface area contributed by atoms with Crippen molar-refractivity contribution in [2.24, 2.45) is 0 Å². The van der Waals surface area contributed by atoms with E-state index in [9.17, 15) is 9.90 Å². The van der Waals surface area contributed by atoms with E-state index in [0.29, 0.717) is 5.82 Å². The molecule has 6 heteroatoms. The van der Waals surface area contributed by atoms with E-state index >= 15 is 0 Å². The largest absolute Gasteiger partial charge is 0.386 e. The van der Waals surface area contributed by atoms with Crippen molar-refractivity contribution in [1.29, 1.82) is 0 Å². The van der Waals surface area contributed by atoms with Gasteiger partial charge in [0.05, 0.1) is 12.1 Å². The highest BCUT2D eigenvalue weighted by atomic mass is 79.9. The third-order valence-electron chi connectivity index (χ3n) is 2.95.